The minimum Gasteiger partial charge on any atom is -0.369 e. The number of hydrogen-bond acceptors (Lipinski definition) is 3. The van der Waals surface area contributed by atoms with Crippen molar-refractivity contribution in [3.05, 3.63) is 41.7 Å². The summed E-state index contributed by atoms with van der Waals surface area (Å²) in [5.74, 6) is 0.563. The summed E-state index contributed by atoms with van der Waals surface area (Å²) < 4.78 is 3.99. The number of nitrogens with two attached hydrogens (primary N) is 1. The first-order valence-corrected chi connectivity index (χ1v) is 6.35. The zero-order chi connectivity index (χ0) is 13.4. The van der Waals surface area contributed by atoms with Gasteiger partial charge in [-0.25, -0.2) is 4.98 Å². The summed E-state index contributed by atoms with van der Waals surface area (Å²) in [5.41, 5.74) is 10.4. The Kier molecular flexibility index (Phi) is 2.74. The Morgan fingerprint density at radius 2 is 2.05 bits per heavy atom. The number of rotatable bonds is 3. The average molecular weight is 255 g/mol. The predicted molar refractivity (Wildman–Crippen MR) is 75.8 cm³/mol. The van der Waals surface area contributed by atoms with Crippen LogP contribution in [0.4, 0.5) is 5.95 Å². The lowest BCUT2D eigenvalue weighted by atomic mass is 10.2. The molecule has 98 valence electrons. The molecule has 0 spiro atoms. The lowest BCUT2D eigenvalue weighted by molar-refractivity contribution is 0.544. The molecule has 0 saturated carbocycles. The molecule has 0 amide bonds. The number of benzene rings is 1. The third-order valence-corrected chi connectivity index (χ3v) is 3.31. The Labute approximate surface area is 111 Å². The van der Waals surface area contributed by atoms with Crippen molar-refractivity contribution in [2.45, 2.75) is 26.9 Å². The molecule has 0 bridgehead atoms. The second-order valence-electron chi connectivity index (χ2n) is 4.85. The highest BCUT2D eigenvalue weighted by Gasteiger charge is 2.09. The van der Waals surface area contributed by atoms with E-state index in [0.29, 0.717) is 5.95 Å². The Hall–Kier alpha value is -2.30. The van der Waals surface area contributed by atoms with E-state index in [0.717, 1.165) is 24.1 Å². The van der Waals surface area contributed by atoms with Crippen LogP contribution < -0.4 is 5.73 Å². The van der Waals surface area contributed by atoms with Gasteiger partial charge in [0.05, 0.1) is 23.8 Å². The minimum atomic E-state index is 0.563. The van der Waals surface area contributed by atoms with Crippen LogP contribution in [0.1, 0.15) is 11.1 Å². The van der Waals surface area contributed by atoms with Crippen molar-refractivity contribution >= 4 is 17.0 Å². The highest BCUT2D eigenvalue weighted by Crippen LogP contribution is 2.21. The molecule has 1 aromatic carbocycles. The van der Waals surface area contributed by atoms with Gasteiger partial charge in [-0.2, -0.15) is 5.10 Å². The predicted octanol–water partition coefficient (Wildman–Crippen LogP) is 2.13. The first-order chi connectivity index (χ1) is 9.15. The van der Waals surface area contributed by atoms with Gasteiger partial charge in [0.25, 0.3) is 0 Å². The minimum absolute atomic E-state index is 0.563. The normalized spacial score (nSPS) is 11.3. The number of aromatic nitrogens is 4. The van der Waals surface area contributed by atoms with Crippen LogP contribution in [0.25, 0.3) is 11.0 Å². The van der Waals surface area contributed by atoms with Crippen LogP contribution in [-0.2, 0) is 13.1 Å². The van der Waals surface area contributed by atoms with Crippen LogP contribution in [0.5, 0.6) is 0 Å². The number of hydrogen-bond donors (Lipinski definition) is 1. The van der Waals surface area contributed by atoms with Gasteiger partial charge in [-0.1, -0.05) is 12.1 Å². The second kappa shape index (κ2) is 4.42. The topological polar surface area (TPSA) is 61.7 Å². The van der Waals surface area contributed by atoms with Crippen molar-refractivity contribution < 1.29 is 0 Å². The number of anilines is 1. The van der Waals surface area contributed by atoms with Crippen LogP contribution in [-0.4, -0.2) is 19.3 Å². The fourth-order valence-corrected chi connectivity index (χ4v) is 2.40. The molecule has 2 aromatic heterocycles. The van der Waals surface area contributed by atoms with Crippen LogP contribution in [0, 0.1) is 13.8 Å². The first-order valence-electron chi connectivity index (χ1n) is 6.35. The Morgan fingerprint density at radius 1 is 1.21 bits per heavy atom. The molecular formula is C14H17N5. The zero-order valence-corrected chi connectivity index (χ0v) is 11.2. The van der Waals surface area contributed by atoms with E-state index >= 15 is 0 Å². The smallest absolute Gasteiger partial charge is 0.201 e. The van der Waals surface area contributed by atoms with Gasteiger partial charge in [-0.3, -0.25) is 4.68 Å². The lowest BCUT2D eigenvalue weighted by Gasteiger charge is -2.08. The number of para-hydroxylation sites is 1. The van der Waals surface area contributed by atoms with Crippen molar-refractivity contribution in [1.82, 2.24) is 19.3 Å². The molecule has 3 rings (SSSR count). The van der Waals surface area contributed by atoms with E-state index in [9.17, 15) is 0 Å². The maximum Gasteiger partial charge on any atom is 0.201 e. The molecule has 0 atom stereocenters. The Bertz CT molecular complexity index is 723. The largest absolute Gasteiger partial charge is 0.369 e. The molecule has 2 N–H and O–H groups in total. The van der Waals surface area contributed by atoms with E-state index in [1.54, 1.807) is 0 Å². The van der Waals surface area contributed by atoms with Crippen molar-refractivity contribution in [3.8, 4) is 0 Å². The van der Waals surface area contributed by atoms with Crippen LogP contribution in [0.3, 0.4) is 0 Å². The summed E-state index contributed by atoms with van der Waals surface area (Å²) in [6.45, 7) is 5.68. The average Bonchev–Trinajstić information content (AvgIpc) is 2.91. The summed E-state index contributed by atoms with van der Waals surface area (Å²) >= 11 is 0. The second-order valence-corrected chi connectivity index (χ2v) is 4.85. The highest BCUT2D eigenvalue weighted by molar-refractivity contribution is 5.81. The van der Waals surface area contributed by atoms with E-state index in [2.05, 4.69) is 27.6 Å². The molecule has 3 aromatic rings. The lowest BCUT2D eigenvalue weighted by Crippen LogP contribution is -2.10. The van der Waals surface area contributed by atoms with E-state index in [1.807, 2.05) is 36.1 Å². The van der Waals surface area contributed by atoms with E-state index in [4.69, 9.17) is 5.73 Å². The fraction of sp³-hybridized carbons (Fsp3) is 0.286. The van der Waals surface area contributed by atoms with Crippen LogP contribution in [0.15, 0.2) is 30.6 Å². The maximum absolute atomic E-state index is 6.01. The molecule has 0 fully saturated rings. The molecule has 0 unspecified atom stereocenters. The highest BCUT2D eigenvalue weighted by atomic mass is 15.3. The molecule has 5 nitrogen and oxygen atoms in total. The standard InChI is InChI=1S/C14H17N5/c1-10-8-16-18(9-10)6-7-19-13-11(2)4-3-5-12(13)17-14(19)15/h3-5,8-9H,6-7H2,1-2H3,(H2,15,17). The Balaban J connectivity index is 1.94. The number of fused-ring (bicyclic) bond motifs is 1. The molecule has 2 heterocycles. The monoisotopic (exact) mass is 255 g/mol. The Morgan fingerprint density at radius 3 is 2.79 bits per heavy atom. The van der Waals surface area contributed by atoms with Gasteiger partial charge in [-0.05, 0) is 31.0 Å². The molecule has 19 heavy (non-hydrogen) atoms. The molecule has 5 heteroatoms. The molecule has 0 radical (unpaired) electrons. The van der Waals surface area contributed by atoms with E-state index < -0.39 is 0 Å². The van der Waals surface area contributed by atoms with Crippen LogP contribution >= 0.6 is 0 Å². The number of nitrogens with zero attached hydrogens (tertiary/aromatic N) is 4. The van der Waals surface area contributed by atoms with Crippen LogP contribution in [0.2, 0.25) is 0 Å². The van der Waals surface area contributed by atoms with E-state index in [1.165, 1.54) is 11.1 Å². The molecule has 0 aliphatic carbocycles. The summed E-state index contributed by atoms with van der Waals surface area (Å²) in [4.78, 5) is 4.40. The van der Waals surface area contributed by atoms with Gasteiger partial charge in [-0.15, -0.1) is 0 Å². The first kappa shape index (κ1) is 11.8. The van der Waals surface area contributed by atoms with Gasteiger partial charge < -0.3 is 10.3 Å². The molecule has 0 saturated heterocycles. The number of imidazole rings is 1. The fourth-order valence-electron chi connectivity index (χ4n) is 2.40. The quantitative estimate of drug-likeness (QED) is 0.780. The third-order valence-electron chi connectivity index (χ3n) is 3.31. The maximum atomic E-state index is 6.01. The SMILES string of the molecule is Cc1cnn(CCn2c(N)nc3cccc(C)c32)c1. The van der Waals surface area contributed by atoms with Gasteiger partial charge in [0.1, 0.15) is 0 Å². The molecule has 0 aliphatic rings. The summed E-state index contributed by atoms with van der Waals surface area (Å²) in [6.07, 6.45) is 3.89. The van der Waals surface area contributed by atoms with Crippen molar-refractivity contribution in [2.24, 2.45) is 0 Å². The van der Waals surface area contributed by atoms with Gasteiger partial charge in [0, 0.05) is 12.7 Å². The van der Waals surface area contributed by atoms with Gasteiger partial charge in [0.15, 0.2) is 0 Å². The van der Waals surface area contributed by atoms with E-state index in [-0.39, 0.29) is 0 Å². The zero-order valence-electron chi connectivity index (χ0n) is 11.2. The summed E-state index contributed by atoms with van der Waals surface area (Å²) in [6, 6.07) is 6.08. The van der Waals surface area contributed by atoms with Crippen molar-refractivity contribution in [1.29, 1.82) is 0 Å². The van der Waals surface area contributed by atoms with Crippen molar-refractivity contribution in [2.75, 3.05) is 5.73 Å². The van der Waals surface area contributed by atoms with Gasteiger partial charge >= 0.3 is 0 Å². The van der Waals surface area contributed by atoms with Gasteiger partial charge in [0.2, 0.25) is 5.95 Å². The van der Waals surface area contributed by atoms with Crippen molar-refractivity contribution in [3.63, 3.8) is 0 Å². The summed E-state index contributed by atoms with van der Waals surface area (Å²) in [5, 5.41) is 4.29. The molecular weight excluding hydrogens is 238 g/mol. The third kappa shape index (κ3) is 2.07. The summed E-state index contributed by atoms with van der Waals surface area (Å²) in [7, 11) is 0. The molecule has 0 aliphatic heterocycles. The number of aryl methyl sites for hydroxylation is 4. The number of nitrogen functional groups attached to an aromatic ring is 1.